The second kappa shape index (κ2) is 22.5. The summed E-state index contributed by atoms with van der Waals surface area (Å²) in [5.74, 6) is -4.90. The third kappa shape index (κ3) is 15.0. The van der Waals surface area contributed by atoms with Gasteiger partial charge in [0.15, 0.2) is 0 Å². The van der Waals surface area contributed by atoms with Crippen molar-refractivity contribution in [3.63, 3.8) is 0 Å². The van der Waals surface area contributed by atoms with E-state index in [9.17, 15) is 49.5 Å². The summed E-state index contributed by atoms with van der Waals surface area (Å²) >= 11 is 0. The lowest BCUT2D eigenvalue weighted by Crippen LogP contribution is -2.61. The molecule has 0 heterocycles. The molecule has 2 aromatic carbocycles. The van der Waals surface area contributed by atoms with Crippen LogP contribution in [0.1, 0.15) is 83.8 Å². The number of nitrogens with zero attached hydrogens (tertiary/aromatic N) is 1. The average molecular weight is 758 g/mol. The minimum absolute atomic E-state index is 0.0156. The number of amides is 4. The molecule has 54 heavy (non-hydrogen) atoms. The second-order valence-corrected chi connectivity index (χ2v) is 14.3. The van der Waals surface area contributed by atoms with Gasteiger partial charge in [-0.2, -0.15) is 0 Å². The van der Waals surface area contributed by atoms with Gasteiger partial charge in [0.25, 0.3) is 5.91 Å². The van der Waals surface area contributed by atoms with Crippen molar-refractivity contribution in [1.82, 2.24) is 20.9 Å². The number of carboxylic acid groups (broad SMARTS) is 1. The molecule has 0 saturated carbocycles. The lowest BCUT2D eigenvalue weighted by Gasteiger charge is -2.34. The molecule has 2 aromatic rings. The number of hydrogen-bond acceptors (Lipinski definition) is 10. The van der Waals surface area contributed by atoms with Crippen LogP contribution >= 0.6 is 0 Å². The molecule has 7 atom stereocenters. The predicted octanol–water partition coefficient (Wildman–Crippen LogP) is 1.72. The number of likely N-dealkylation sites (N-methyl/N-ethyl adjacent to an activating group) is 1. The number of carbonyl (C=O) groups is 5. The van der Waals surface area contributed by atoms with E-state index in [4.69, 9.17) is 5.73 Å². The summed E-state index contributed by atoms with van der Waals surface area (Å²) in [7, 11) is 1.32. The molecule has 0 saturated heterocycles. The van der Waals surface area contributed by atoms with Gasteiger partial charge in [0.1, 0.15) is 41.8 Å². The Bertz CT molecular complexity index is 1500. The Hall–Kier alpha value is -4.73. The minimum atomic E-state index is -1.65. The van der Waals surface area contributed by atoms with Crippen LogP contribution in [0.5, 0.6) is 11.5 Å². The number of phenols is 2. The fourth-order valence-electron chi connectivity index (χ4n) is 5.91. The first kappa shape index (κ1) is 45.4. The molecule has 0 fully saturated rings. The van der Waals surface area contributed by atoms with Crippen LogP contribution < -0.4 is 21.7 Å². The number of carbonyl (C=O) groups excluding carboxylic acids is 4. The molecule has 0 aromatic heterocycles. The van der Waals surface area contributed by atoms with Gasteiger partial charge < -0.3 is 52.1 Å². The number of aliphatic carboxylic acids is 1. The second-order valence-electron chi connectivity index (χ2n) is 14.3. The van der Waals surface area contributed by atoms with Gasteiger partial charge in [0.05, 0.1) is 6.10 Å². The molecule has 0 unspecified atom stereocenters. The molecule has 0 radical (unpaired) electrons. The summed E-state index contributed by atoms with van der Waals surface area (Å²) in [5.41, 5.74) is 7.13. The summed E-state index contributed by atoms with van der Waals surface area (Å²) in [6.45, 7) is 7.00. The van der Waals surface area contributed by atoms with Gasteiger partial charge in [0.2, 0.25) is 17.7 Å². The molecule has 0 spiro atoms. The molecule has 15 heteroatoms. The maximum absolute atomic E-state index is 14.0. The SMILES string of the molecule is CCCCCCC[C@H](N)[C@H](O)C(=O)N[C@@H](C(=O)N(C)[C@@H](CC(C)C)C(=O)N[C@@H](Cc1ccc(O)cc1)C(=O)N[C@H](Cc1ccc(O)cc1)C(=O)O)[C@@H](C)O. The average Bonchev–Trinajstić information content (AvgIpc) is 3.12. The summed E-state index contributed by atoms with van der Waals surface area (Å²) in [4.78, 5) is 67.9. The molecule has 0 bridgehead atoms. The van der Waals surface area contributed by atoms with Crippen molar-refractivity contribution in [2.45, 2.75) is 128 Å². The standard InChI is InChI=1S/C39H59N5O10/c1-6-7-8-9-10-11-29(40)34(48)37(51)43-33(24(4)45)38(52)44(5)32(20-23(2)3)36(50)41-30(21-25-12-16-27(46)17-13-25)35(49)42-31(39(53)54)22-26-14-18-28(47)19-15-26/h12-19,23-24,29-34,45-48H,6-11,20-22,40H2,1-5H3,(H,41,50)(H,42,49)(H,43,51)(H,53,54)/t24-,29+,30+,31-,32+,33-,34+/m1/s1. The monoisotopic (exact) mass is 757 g/mol. The van der Waals surface area contributed by atoms with Crippen molar-refractivity contribution < 1.29 is 49.5 Å². The number of phenolic OH excluding ortho intramolecular Hbond substituents is 2. The number of nitrogens with two attached hydrogens (primary N) is 1. The summed E-state index contributed by atoms with van der Waals surface area (Å²) in [6, 6.07) is 5.27. The molecule has 10 N–H and O–H groups in total. The van der Waals surface area contributed by atoms with E-state index < -0.39 is 72.0 Å². The highest BCUT2D eigenvalue weighted by molar-refractivity contribution is 5.95. The van der Waals surface area contributed by atoms with Crippen LogP contribution in [0.25, 0.3) is 0 Å². The Morgan fingerprint density at radius 3 is 1.70 bits per heavy atom. The third-order valence-corrected chi connectivity index (χ3v) is 9.17. The van der Waals surface area contributed by atoms with E-state index in [1.54, 1.807) is 0 Å². The number of unbranched alkanes of at least 4 members (excludes halogenated alkanes) is 4. The van der Waals surface area contributed by atoms with E-state index in [2.05, 4.69) is 22.9 Å². The van der Waals surface area contributed by atoms with Gasteiger partial charge in [-0.3, -0.25) is 19.2 Å². The van der Waals surface area contributed by atoms with E-state index in [0.717, 1.165) is 30.6 Å². The normalized spacial score (nSPS) is 15.2. The van der Waals surface area contributed by atoms with E-state index in [-0.39, 0.29) is 36.7 Å². The van der Waals surface area contributed by atoms with E-state index >= 15 is 0 Å². The Labute approximate surface area is 317 Å². The zero-order valence-corrected chi connectivity index (χ0v) is 31.9. The largest absolute Gasteiger partial charge is 0.508 e. The fourth-order valence-corrected chi connectivity index (χ4v) is 5.91. The number of rotatable bonds is 23. The van der Waals surface area contributed by atoms with Gasteiger partial charge in [-0.1, -0.05) is 77.1 Å². The zero-order valence-electron chi connectivity index (χ0n) is 31.9. The zero-order chi connectivity index (χ0) is 40.5. The molecule has 300 valence electrons. The van der Waals surface area contributed by atoms with Crippen molar-refractivity contribution in [2.75, 3.05) is 7.05 Å². The number of nitrogens with one attached hydrogen (secondary N) is 3. The van der Waals surface area contributed by atoms with Crippen LogP contribution in [0.3, 0.4) is 0 Å². The summed E-state index contributed by atoms with van der Waals surface area (Å²) in [5, 5.41) is 58.1. The van der Waals surface area contributed by atoms with Gasteiger partial charge in [0, 0.05) is 25.9 Å². The lowest BCUT2D eigenvalue weighted by atomic mass is 9.98. The number of aliphatic hydroxyl groups is 2. The smallest absolute Gasteiger partial charge is 0.326 e. The number of aromatic hydroxyl groups is 2. The van der Waals surface area contributed by atoms with Gasteiger partial charge >= 0.3 is 5.97 Å². The van der Waals surface area contributed by atoms with Crippen LogP contribution in [0.15, 0.2) is 48.5 Å². The Kier molecular flexibility index (Phi) is 18.9. The fraction of sp³-hybridized carbons (Fsp3) is 0.564. The van der Waals surface area contributed by atoms with Crippen molar-refractivity contribution in [1.29, 1.82) is 0 Å². The van der Waals surface area contributed by atoms with Crippen LogP contribution in [0, 0.1) is 5.92 Å². The van der Waals surface area contributed by atoms with Crippen LogP contribution in [-0.4, -0.2) is 109 Å². The van der Waals surface area contributed by atoms with Crippen molar-refractivity contribution in [3.05, 3.63) is 59.7 Å². The molecule has 4 amide bonds. The predicted molar refractivity (Wildman–Crippen MR) is 202 cm³/mol. The molecule has 0 aliphatic heterocycles. The topological polar surface area (TPSA) is 252 Å². The van der Waals surface area contributed by atoms with Crippen molar-refractivity contribution in [3.8, 4) is 11.5 Å². The first-order valence-corrected chi connectivity index (χ1v) is 18.5. The van der Waals surface area contributed by atoms with E-state index in [1.807, 2.05) is 13.8 Å². The van der Waals surface area contributed by atoms with Crippen molar-refractivity contribution >= 4 is 29.6 Å². The first-order chi connectivity index (χ1) is 25.4. The number of benzene rings is 2. The molecule has 2 rings (SSSR count). The van der Waals surface area contributed by atoms with Crippen LogP contribution in [0.2, 0.25) is 0 Å². The highest BCUT2D eigenvalue weighted by atomic mass is 16.4. The van der Waals surface area contributed by atoms with E-state index in [0.29, 0.717) is 24.0 Å². The summed E-state index contributed by atoms with van der Waals surface area (Å²) in [6.07, 6.45) is 1.91. The molecule has 0 aliphatic carbocycles. The van der Waals surface area contributed by atoms with Crippen LogP contribution in [-0.2, 0) is 36.8 Å². The molecular formula is C39H59N5O10. The Morgan fingerprint density at radius 2 is 1.22 bits per heavy atom. The maximum Gasteiger partial charge on any atom is 0.326 e. The molecular weight excluding hydrogens is 698 g/mol. The van der Waals surface area contributed by atoms with Gasteiger partial charge in [-0.05, 0) is 61.1 Å². The summed E-state index contributed by atoms with van der Waals surface area (Å²) < 4.78 is 0. The number of hydrogen-bond donors (Lipinski definition) is 9. The Balaban J connectivity index is 2.31. The van der Waals surface area contributed by atoms with Gasteiger partial charge in [-0.15, -0.1) is 0 Å². The van der Waals surface area contributed by atoms with Crippen molar-refractivity contribution in [2.24, 2.45) is 11.7 Å². The quantitative estimate of drug-likeness (QED) is 0.0739. The number of aliphatic hydroxyl groups excluding tert-OH is 2. The number of carboxylic acids is 1. The van der Waals surface area contributed by atoms with Gasteiger partial charge in [-0.25, -0.2) is 4.79 Å². The van der Waals surface area contributed by atoms with E-state index in [1.165, 1.54) is 62.5 Å². The molecule has 15 nitrogen and oxygen atoms in total. The third-order valence-electron chi connectivity index (χ3n) is 9.17. The lowest BCUT2D eigenvalue weighted by molar-refractivity contribution is -0.146. The highest BCUT2D eigenvalue weighted by Gasteiger charge is 2.38. The van der Waals surface area contributed by atoms with Crippen LogP contribution in [0.4, 0.5) is 0 Å². The Morgan fingerprint density at radius 1 is 0.722 bits per heavy atom. The molecule has 0 aliphatic rings. The minimum Gasteiger partial charge on any atom is -0.508 e. The maximum atomic E-state index is 14.0. The first-order valence-electron chi connectivity index (χ1n) is 18.5. The highest BCUT2D eigenvalue weighted by Crippen LogP contribution is 2.17.